The fourth-order valence-electron chi connectivity index (χ4n) is 2.45. The van der Waals surface area contributed by atoms with E-state index in [2.05, 4.69) is 41.7 Å². The van der Waals surface area contributed by atoms with E-state index in [-0.39, 0.29) is 6.04 Å². The molecule has 0 heterocycles. The van der Waals surface area contributed by atoms with Gasteiger partial charge in [0.25, 0.3) is 0 Å². The molecule has 0 saturated heterocycles. The molecule has 2 nitrogen and oxygen atoms in total. The Morgan fingerprint density at radius 2 is 1.62 bits per heavy atom. The highest BCUT2D eigenvalue weighted by Crippen LogP contribution is 2.24. The van der Waals surface area contributed by atoms with Gasteiger partial charge in [0, 0.05) is 17.3 Å². The smallest absolute Gasteiger partial charge is 0.0636 e. The summed E-state index contributed by atoms with van der Waals surface area (Å²) in [6.45, 7) is 0.529. The van der Waals surface area contributed by atoms with Crippen LogP contribution < -0.4 is 11.1 Å². The molecule has 3 N–H and O–H groups in total. The van der Waals surface area contributed by atoms with E-state index in [1.165, 1.54) is 16.3 Å². The van der Waals surface area contributed by atoms with Gasteiger partial charge in [-0.25, -0.2) is 0 Å². The van der Waals surface area contributed by atoms with E-state index < -0.39 is 0 Å². The van der Waals surface area contributed by atoms with Crippen molar-refractivity contribution in [2.24, 2.45) is 5.73 Å². The zero-order chi connectivity index (χ0) is 14.7. The van der Waals surface area contributed by atoms with Crippen molar-refractivity contribution >= 4 is 28.1 Å². The van der Waals surface area contributed by atoms with Crippen molar-refractivity contribution in [3.63, 3.8) is 0 Å². The highest BCUT2D eigenvalue weighted by atomic mass is 35.5. The topological polar surface area (TPSA) is 38.0 Å². The first-order valence-electron chi connectivity index (χ1n) is 6.97. The van der Waals surface area contributed by atoms with Gasteiger partial charge < -0.3 is 11.1 Å². The van der Waals surface area contributed by atoms with Gasteiger partial charge in [-0.2, -0.15) is 0 Å². The van der Waals surface area contributed by atoms with Crippen LogP contribution in [0.1, 0.15) is 11.6 Å². The molecule has 0 aliphatic carbocycles. The third-order valence-corrected chi connectivity index (χ3v) is 3.85. The summed E-state index contributed by atoms with van der Waals surface area (Å²) >= 11 is 5.91. The molecule has 0 bridgehead atoms. The van der Waals surface area contributed by atoms with E-state index in [9.17, 15) is 0 Å². The van der Waals surface area contributed by atoms with E-state index >= 15 is 0 Å². The summed E-state index contributed by atoms with van der Waals surface area (Å²) in [4.78, 5) is 0. The van der Waals surface area contributed by atoms with Crippen molar-refractivity contribution in [3.8, 4) is 0 Å². The normalized spacial score (nSPS) is 12.3. The van der Waals surface area contributed by atoms with E-state index in [0.717, 1.165) is 10.7 Å². The fourth-order valence-corrected chi connectivity index (χ4v) is 2.58. The van der Waals surface area contributed by atoms with Crippen molar-refractivity contribution in [2.45, 2.75) is 6.04 Å². The predicted octanol–water partition coefficient (Wildman–Crippen LogP) is 4.61. The Kier molecular flexibility index (Phi) is 4.09. The Labute approximate surface area is 129 Å². The lowest BCUT2D eigenvalue weighted by Gasteiger charge is -2.19. The molecule has 0 aliphatic heterocycles. The van der Waals surface area contributed by atoms with Gasteiger partial charge in [-0.3, -0.25) is 0 Å². The number of benzene rings is 3. The summed E-state index contributed by atoms with van der Waals surface area (Å²) < 4.78 is 0. The molecule has 0 aromatic heterocycles. The number of halogens is 1. The van der Waals surface area contributed by atoms with E-state index in [0.29, 0.717) is 6.54 Å². The molecule has 3 aromatic carbocycles. The fraction of sp³-hybridized carbons (Fsp3) is 0.111. The number of anilines is 1. The maximum Gasteiger partial charge on any atom is 0.0636 e. The standard InChI is InChI=1S/C18H17ClN2/c19-16-7-9-17(10-8-16)21-18(12-20)15-6-5-13-3-1-2-4-14(13)11-15/h1-11,18,21H,12,20H2. The van der Waals surface area contributed by atoms with Gasteiger partial charge in [0.1, 0.15) is 0 Å². The van der Waals surface area contributed by atoms with Gasteiger partial charge in [0.05, 0.1) is 6.04 Å². The van der Waals surface area contributed by atoms with Crippen molar-refractivity contribution in [2.75, 3.05) is 11.9 Å². The number of fused-ring (bicyclic) bond motifs is 1. The monoisotopic (exact) mass is 296 g/mol. The lowest BCUT2D eigenvalue weighted by atomic mass is 10.0. The summed E-state index contributed by atoms with van der Waals surface area (Å²) in [6.07, 6.45) is 0. The molecular formula is C18H17ClN2. The summed E-state index contributed by atoms with van der Waals surface area (Å²) in [6, 6.07) is 22.5. The largest absolute Gasteiger partial charge is 0.377 e. The maximum absolute atomic E-state index is 5.94. The van der Waals surface area contributed by atoms with Crippen molar-refractivity contribution in [1.29, 1.82) is 0 Å². The van der Waals surface area contributed by atoms with Crippen LogP contribution in [0.3, 0.4) is 0 Å². The number of hydrogen-bond donors (Lipinski definition) is 2. The Morgan fingerprint density at radius 3 is 2.33 bits per heavy atom. The molecule has 106 valence electrons. The first-order valence-corrected chi connectivity index (χ1v) is 7.35. The van der Waals surface area contributed by atoms with Crippen LogP contribution in [0.15, 0.2) is 66.7 Å². The Balaban J connectivity index is 1.88. The summed E-state index contributed by atoms with van der Waals surface area (Å²) in [7, 11) is 0. The molecule has 3 rings (SSSR count). The van der Waals surface area contributed by atoms with Crippen LogP contribution in [0.5, 0.6) is 0 Å². The molecule has 0 spiro atoms. The lowest BCUT2D eigenvalue weighted by molar-refractivity contribution is 0.791. The molecule has 0 radical (unpaired) electrons. The van der Waals surface area contributed by atoms with E-state index in [1.54, 1.807) is 0 Å². The number of nitrogens with one attached hydrogen (secondary N) is 1. The highest BCUT2D eigenvalue weighted by Gasteiger charge is 2.10. The second kappa shape index (κ2) is 6.17. The summed E-state index contributed by atoms with van der Waals surface area (Å²) in [5.74, 6) is 0. The molecule has 0 amide bonds. The lowest BCUT2D eigenvalue weighted by Crippen LogP contribution is -2.20. The molecule has 0 saturated carbocycles. The maximum atomic E-state index is 5.94. The SMILES string of the molecule is NCC(Nc1ccc(Cl)cc1)c1ccc2ccccc2c1. The summed E-state index contributed by atoms with van der Waals surface area (Å²) in [5.41, 5.74) is 8.14. The van der Waals surface area contributed by atoms with Crippen molar-refractivity contribution < 1.29 is 0 Å². The predicted molar refractivity (Wildman–Crippen MR) is 90.8 cm³/mol. The number of nitrogens with two attached hydrogens (primary N) is 1. The quantitative estimate of drug-likeness (QED) is 0.738. The van der Waals surface area contributed by atoms with Gasteiger partial charge in [0.2, 0.25) is 0 Å². The van der Waals surface area contributed by atoms with Crippen molar-refractivity contribution in [1.82, 2.24) is 0 Å². The number of hydrogen-bond acceptors (Lipinski definition) is 2. The van der Waals surface area contributed by atoms with Crippen LogP contribution in [0.4, 0.5) is 5.69 Å². The third kappa shape index (κ3) is 3.18. The van der Waals surface area contributed by atoms with Gasteiger partial charge in [-0.05, 0) is 46.7 Å². The van der Waals surface area contributed by atoms with Gasteiger partial charge in [0.15, 0.2) is 0 Å². The molecule has 21 heavy (non-hydrogen) atoms. The third-order valence-electron chi connectivity index (χ3n) is 3.60. The molecule has 3 heteroatoms. The highest BCUT2D eigenvalue weighted by molar-refractivity contribution is 6.30. The molecule has 0 fully saturated rings. The minimum Gasteiger partial charge on any atom is -0.377 e. The second-order valence-electron chi connectivity index (χ2n) is 5.05. The van der Waals surface area contributed by atoms with Crippen molar-refractivity contribution in [3.05, 3.63) is 77.3 Å². The Bertz CT molecular complexity index is 738. The molecular weight excluding hydrogens is 280 g/mol. The first-order chi connectivity index (χ1) is 10.3. The second-order valence-corrected chi connectivity index (χ2v) is 5.48. The minimum atomic E-state index is 0.0794. The average Bonchev–Trinajstić information content (AvgIpc) is 2.54. The first kappa shape index (κ1) is 13.9. The van der Waals surface area contributed by atoms with Gasteiger partial charge in [-0.1, -0.05) is 48.0 Å². The zero-order valence-electron chi connectivity index (χ0n) is 11.6. The molecule has 1 atom stereocenters. The molecule has 1 unspecified atom stereocenters. The summed E-state index contributed by atoms with van der Waals surface area (Å²) in [5, 5.41) is 6.65. The average molecular weight is 297 g/mol. The molecule has 3 aromatic rings. The van der Waals surface area contributed by atoms with Crippen LogP contribution in [0, 0.1) is 0 Å². The number of rotatable bonds is 4. The van der Waals surface area contributed by atoms with E-state index in [4.69, 9.17) is 17.3 Å². The zero-order valence-corrected chi connectivity index (χ0v) is 12.3. The van der Waals surface area contributed by atoms with Crippen LogP contribution in [0.2, 0.25) is 5.02 Å². The van der Waals surface area contributed by atoms with Crippen LogP contribution in [-0.4, -0.2) is 6.54 Å². The van der Waals surface area contributed by atoms with Gasteiger partial charge >= 0.3 is 0 Å². The van der Waals surface area contributed by atoms with Crippen LogP contribution in [-0.2, 0) is 0 Å². The van der Waals surface area contributed by atoms with E-state index in [1.807, 2.05) is 30.3 Å². The molecule has 0 aliphatic rings. The Hall–Kier alpha value is -2.03. The van der Waals surface area contributed by atoms with Gasteiger partial charge in [-0.15, -0.1) is 0 Å². The van der Waals surface area contributed by atoms with Crippen LogP contribution >= 0.6 is 11.6 Å². The Morgan fingerprint density at radius 1 is 0.905 bits per heavy atom. The van der Waals surface area contributed by atoms with Crippen LogP contribution in [0.25, 0.3) is 10.8 Å². The minimum absolute atomic E-state index is 0.0794.